The normalized spacial score (nSPS) is 12.3. The number of fused-ring (bicyclic) bond motifs is 1. The van der Waals surface area contributed by atoms with E-state index in [4.69, 9.17) is 4.74 Å². The Labute approximate surface area is 129 Å². The Morgan fingerprint density at radius 3 is 2.59 bits per heavy atom. The maximum Gasteiger partial charge on any atom is 0.340 e. The summed E-state index contributed by atoms with van der Waals surface area (Å²) in [6.45, 7) is 4.05. The molecule has 0 fully saturated rings. The van der Waals surface area contributed by atoms with Gasteiger partial charge < -0.3 is 9.30 Å². The quantitative estimate of drug-likeness (QED) is 0.691. The molecule has 2 aromatic heterocycles. The fourth-order valence-electron chi connectivity index (χ4n) is 2.97. The maximum absolute atomic E-state index is 12.2. The summed E-state index contributed by atoms with van der Waals surface area (Å²) < 4.78 is 7.04. The van der Waals surface area contributed by atoms with E-state index in [1.165, 1.54) is 12.7 Å². The third-order valence-corrected chi connectivity index (χ3v) is 4.07. The van der Waals surface area contributed by atoms with Crippen molar-refractivity contribution < 1.29 is 9.53 Å². The Kier molecular flexibility index (Phi) is 3.67. The van der Waals surface area contributed by atoms with E-state index in [9.17, 15) is 4.79 Å². The lowest BCUT2D eigenvalue weighted by Gasteiger charge is -2.17. The predicted octanol–water partition coefficient (Wildman–Crippen LogP) is 3.74. The van der Waals surface area contributed by atoms with E-state index in [-0.39, 0.29) is 12.0 Å². The molecule has 1 atom stereocenters. The van der Waals surface area contributed by atoms with Crippen LogP contribution in [0.5, 0.6) is 0 Å². The zero-order valence-electron chi connectivity index (χ0n) is 12.9. The first kappa shape index (κ1) is 14.3. The SMILES string of the molecule is COC(=O)c1c(C)n(C(C)c2ccccc2)c2ncccc12. The highest BCUT2D eigenvalue weighted by atomic mass is 16.5. The first-order chi connectivity index (χ1) is 10.6. The molecule has 4 heteroatoms. The lowest BCUT2D eigenvalue weighted by molar-refractivity contribution is 0.0602. The number of hydrogen-bond donors (Lipinski definition) is 0. The Bertz CT molecular complexity index is 822. The van der Waals surface area contributed by atoms with Crippen LogP contribution in [0.25, 0.3) is 11.0 Å². The van der Waals surface area contributed by atoms with Gasteiger partial charge in [0, 0.05) is 17.3 Å². The van der Waals surface area contributed by atoms with E-state index in [2.05, 4.69) is 28.6 Å². The molecule has 0 aliphatic heterocycles. The number of benzene rings is 1. The minimum atomic E-state index is -0.325. The third kappa shape index (κ3) is 2.17. The molecular formula is C18H18N2O2. The van der Waals surface area contributed by atoms with Crippen LogP contribution in [0, 0.1) is 6.92 Å². The molecule has 0 aliphatic carbocycles. The van der Waals surface area contributed by atoms with Crippen LogP contribution >= 0.6 is 0 Å². The van der Waals surface area contributed by atoms with Crippen molar-refractivity contribution in [3.05, 3.63) is 65.5 Å². The van der Waals surface area contributed by atoms with E-state index < -0.39 is 0 Å². The molecule has 3 aromatic rings. The molecule has 0 amide bonds. The number of rotatable bonds is 3. The van der Waals surface area contributed by atoms with Crippen LogP contribution in [-0.4, -0.2) is 22.6 Å². The number of hydrogen-bond acceptors (Lipinski definition) is 3. The standard InChI is InChI=1S/C18H18N2O2/c1-12(14-8-5-4-6-9-14)20-13(2)16(18(21)22-3)15-10-7-11-19-17(15)20/h4-12H,1-3H3. The van der Waals surface area contributed by atoms with Crippen molar-refractivity contribution in [2.24, 2.45) is 0 Å². The number of nitrogens with zero attached hydrogens (tertiary/aromatic N) is 2. The molecule has 0 saturated carbocycles. The molecule has 4 nitrogen and oxygen atoms in total. The largest absolute Gasteiger partial charge is 0.465 e. The Hall–Kier alpha value is -2.62. The van der Waals surface area contributed by atoms with Gasteiger partial charge in [-0.1, -0.05) is 30.3 Å². The summed E-state index contributed by atoms with van der Waals surface area (Å²) in [7, 11) is 1.40. The molecule has 0 bridgehead atoms. The molecule has 1 aromatic carbocycles. The van der Waals surface area contributed by atoms with E-state index in [0.29, 0.717) is 5.56 Å². The number of aromatic nitrogens is 2. The van der Waals surface area contributed by atoms with Crippen LogP contribution in [0.15, 0.2) is 48.7 Å². The molecule has 0 radical (unpaired) electrons. The Morgan fingerprint density at radius 1 is 1.18 bits per heavy atom. The molecule has 0 N–H and O–H groups in total. The van der Waals surface area contributed by atoms with Gasteiger partial charge in [0.15, 0.2) is 0 Å². The first-order valence-corrected chi connectivity index (χ1v) is 7.24. The van der Waals surface area contributed by atoms with Crippen molar-refractivity contribution in [3.63, 3.8) is 0 Å². The maximum atomic E-state index is 12.2. The molecule has 2 heterocycles. The van der Waals surface area contributed by atoms with Gasteiger partial charge in [0.1, 0.15) is 5.65 Å². The van der Waals surface area contributed by atoms with Crippen molar-refractivity contribution in [1.82, 2.24) is 9.55 Å². The number of pyridine rings is 1. The second kappa shape index (κ2) is 5.64. The minimum absolute atomic E-state index is 0.0806. The predicted molar refractivity (Wildman–Crippen MR) is 86.1 cm³/mol. The van der Waals surface area contributed by atoms with Crippen molar-refractivity contribution in [2.75, 3.05) is 7.11 Å². The highest BCUT2D eigenvalue weighted by Crippen LogP contribution is 2.30. The molecular weight excluding hydrogens is 276 g/mol. The smallest absolute Gasteiger partial charge is 0.340 e. The van der Waals surface area contributed by atoms with Gasteiger partial charge in [0.05, 0.1) is 18.7 Å². The van der Waals surface area contributed by atoms with Crippen LogP contribution in [0.4, 0.5) is 0 Å². The van der Waals surface area contributed by atoms with Crippen LogP contribution in [-0.2, 0) is 4.74 Å². The van der Waals surface area contributed by atoms with Crippen LogP contribution in [0.2, 0.25) is 0 Å². The van der Waals surface area contributed by atoms with Gasteiger partial charge in [-0.05, 0) is 31.5 Å². The fraction of sp³-hybridized carbons (Fsp3) is 0.222. The molecule has 0 spiro atoms. The zero-order valence-corrected chi connectivity index (χ0v) is 12.9. The highest BCUT2D eigenvalue weighted by Gasteiger charge is 2.24. The average Bonchev–Trinajstić information content (AvgIpc) is 2.86. The number of esters is 1. The topological polar surface area (TPSA) is 44.1 Å². The van der Waals surface area contributed by atoms with E-state index in [1.54, 1.807) is 6.20 Å². The summed E-state index contributed by atoms with van der Waals surface area (Å²) in [6, 6.07) is 14.0. The van der Waals surface area contributed by atoms with Crippen molar-refractivity contribution in [3.8, 4) is 0 Å². The zero-order chi connectivity index (χ0) is 15.7. The summed E-state index contributed by atoms with van der Waals surface area (Å²) in [5.41, 5.74) is 3.44. The molecule has 0 aliphatic rings. The van der Waals surface area contributed by atoms with Gasteiger partial charge >= 0.3 is 5.97 Å². The molecule has 0 saturated heterocycles. The number of ether oxygens (including phenoxy) is 1. The van der Waals surface area contributed by atoms with Gasteiger partial charge in [-0.15, -0.1) is 0 Å². The van der Waals surface area contributed by atoms with Crippen LogP contribution in [0.3, 0.4) is 0 Å². The average molecular weight is 294 g/mol. The third-order valence-electron chi connectivity index (χ3n) is 4.07. The first-order valence-electron chi connectivity index (χ1n) is 7.24. The number of carbonyl (C=O) groups excluding carboxylic acids is 1. The molecule has 22 heavy (non-hydrogen) atoms. The fourth-order valence-corrected chi connectivity index (χ4v) is 2.97. The molecule has 1 unspecified atom stereocenters. The second-order valence-electron chi connectivity index (χ2n) is 5.28. The van der Waals surface area contributed by atoms with E-state index >= 15 is 0 Å². The van der Waals surface area contributed by atoms with Gasteiger partial charge in [-0.3, -0.25) is 0 Å². The van der Waals surface area contributed by atoms with Crippen molar-refractivity contribution in [1.29, 1.82) is 0 Å². The van der Waals surface area contributed by atoms with Gasteiger partial charge in [0.25, 0.3) is 0 Å². The summed E-state index contributed by atoms with van der Waals surface area (Å²) >= 11 is 0. The monoisotopic (exact) mass is 294 g/mol. The summed E-state index contributed by atoms with van der Waals surface area (Å²) in [4.78, 5) is 16.6. The molecule has 3 rings (SSSR count). The van der Waals surface area contributed by atoms with Gasteiger partial charge in [0.2, 0.25) is 0 Å². The van der Waals surface area contributed by atoms with Gasteiger partial charge in [-0.2, -0.15) is 0 Å². The summed E-state index contributed by atoms with van der Waals surface area (Å²) in [5.74, 6) is -0.325. The Morgan fingerprint density at radius 2 is 1.91 bits per heavy atom. The minimum Gasteiger partial charge on any atom is -0.465 e. The second-order valence-corrected chi connectivity index (χ2v) is 5.28. The van der Waals surface area contributed by atoms with Crippen LogP contribution in [0.1, 0.15) is 34.6 Å². The number of carbonyl (C=O) groups is 1. The van der Waals surface area contributed by atoms with Crippen molar-refractivity contribution >= 4 is 17.0 Å². The van der Waals surface area contributed by atoms with E-state index in [0.717, 1.165) is 16.7 Å². The molecule has 112 valence electrons. The van der Waals surface area contributed by atoms with Crippen molar-refractivity contribution in [2.45, 2.75) is 19.9 Å². The van der Waals surface area contributed by atoms with Crippen LogP contribution < -0.4 is 0 Å². The highest BCUT2D eigenvalue weighted by molar-refractivity contribution is 6.05. The summed E-state index contributed by atoms with van der Waals surface area (Å²) in [6.07, 6.45) is 1.75. The van der Waals surface area contributed by atoms with E-state index in [1.807, 2.05) is 37.3 Å². The number of methoxy groups -OCH3 is 1. The van der Waals surface area contributed by atoms with Gasteiger partial charge in [-0.25, -0.2) is 9.78 Å². The Balaban J connectivity index is 2.26. The lowest BCUT2D eigenvalue weighted by Crippen LogP contribution is -2.10. The lowest BCUT2D eigenvalue weighted by atomic mass is 10.1. The summed E-state index contributed by atoms with van der Waals surface area (Å²) in [5, 5.41) is 0.828.